The Morgan fingerprint density at radius 1 is 1.04 bits per heavy atom. The Kier molecular flexibility index (Phi) is 4.65. The van der Waals surface area contributed by atoms with Crippen LogP contribution in [0, 0.1) is 20.2 Å². The van der Waals surface area contributed by atoms with Gasteiger partial charge in [0.15, 0.2) is 0 Å². The first-order chi connectivity index (χ1) is 12.5. The van der Waals surface area contributed by atoms with Crippen LogP contribution in [-0.2, 0) is 0 Å². The quantitative estimate of drug-likeness (QED) is 0.406. The number of aromatic nitrogens is 1. The van der Waals surface area contributed by atoms with Crippen LogP contribution in [-0.4, -0.2) is 21.0 Å². The number of hydrazone groups is 1. The minimum Gasteiger partial charge on any atom is -0.455 e. The molecule has 10 nitrogen and oxygen atoms in total. The van der Waals surface area contributed by atoms with Gasteiger partial charge < -0.3 is 4.42 Å². The number of hydrogen-bond donors (Lipinski definition) is 1. The topological polar surface area (TPSA) is 137 Å². The van der Waals surface area contributed by atoms with Crippen LogP contribution in [0.1, 0.15) is 5.76 Å². The largest absolute Gasteiger partial charge is 0.455 e. The van der Waals surface area contributed by atoms with E-state index < -0.39 is 9.85 Å². The van der Waals surface area contributed by atoms with Crippen LogP contribution in [0.25, 0.3) is 11.3 Å². The summed E-state index contributed by atoms with van der Waals surface area (Å²) < 4.78 is 5.55. The van der Waals surface area contributed by atoms with Crippen molar-refractivity contribution in [2.45, 2.75) is 0 Å². The van der Waals surface area contributed by atoms with Crippen LogP contribution >= 0.6 is 0 Å². The summed E-state index contributed by atoms with van der Waals surface area (Å²) >= 11 is 0. The third-order valence-corrected chi connectivity index (χ3v) is 3.32. The van der Waals surface area contributed by atoms with Gasteiger partial charge in [-0.15, -0.1) is 0 Å². The lowest BCUT2D eigenvalue weighted by Crippen LogP contribution is -1.94. The zero-order valence-corrected chi connectivity index (χ0v) is 13.1. The Labute approximate surface area is 146 Å². The zero-order valence-electron chi connectivity index (χ0n) is 13.1. The SMILES string of the molecule is O=[N+]([O-])c1ccc(N/N=C\c2ccc(-c3ccccc3[N+](=O)[O-])o2)nc1. The lowest BCUT2D eigenvalue weighted by Gasteiger charge is -1.99. The molecular formula is C16H11N5O5. The first-order valence-corrected chi connectivity index (χ1v) is 7.28. The van der Waals surface area contributed by atoms with Crippen molar-refractivity contribution in [3.63, 3.8) is 0 Å². The molecule has 130 valence electrons. The van der Waals surface area contributed by atoms with E-state index in [1.165, 1.54) is 24.4 Å². The van der Waals surface area contributed by atoms with E-state index >= 15 is 0 Å². The second-order valence-corrected chi connectivity index (χ2v) is 5.01. The van der Waals surface area contributed by atoms with Gasteiger partial charge in [0.1, 0.15) is 23.5 Å². The Balaban J connectivity index is 1.72. The number of nitro benzene ring substituents is 1. The second kappa shape index (κ2) is 7.21. The molecule has 0 saturated heterocycles. The highest BCUT2D eigenvalue weighted by Gasteiger charge is 2.16. The second-order valence-electron chi connectivity index (χ2n) is 5.01. The van der Waals surface area contributed by atoms with Crippen molar-refractivity contribution in [1.29, 1.82) is 0 Å². The fourth-order valence-electron chi connectivity index (χ4n) is 2.13. The maximum atomic E-state index is 11.1. The highest BCUT2D eigenvalue weighted by Crippen LogP contribution is 2.30. The molecule has 3 aromatic rings. The molecule has 0 unspecified atom stereocenters. The van der Waals surface area contributed by atoms with E-state index in [1.807, 2.05) is 0 Å². The number of nitrogens with one attached hydrogen (secondary N) is 1. The molecule has 2 aromatic heterocycles. The Morgan fingerprint density at radius 3 is 2.54 bits per heavy atom. The molecule has 0 amide bonds. The number of anilines is 1. The molecule has 0 fully saturated rings. The third kappa shape index (κ3) is 3.70. The van der Waals surface area contributed by atoms with Crippen molar-refractivity contribution < 1.29 is 14.3 Å². The summed E-state index contributed by atoms with van der Waals surface area (Å²) in [6, 6.07) is 12.2. The smallest absolute Gasteiger partial charge is 0.287 e. The van der Waals surface area contributed by atoms with Crippen LogP contribution < -0.4 is 5.43 Å². The fourth-order valence-corrected chi connectivity index (χ4v) is 2.13. The van der Waals surface area contributed by atoms with Crippen LogP contribution in [0.4, 0.5) is 17.2 Å². The molecule has 1 aromatic carbocycles. The Bertz CT molecular complexity index is 981. The summed E-state index contributed by atoms with van der Waals surface area (Å²) in [5.74, 6) is 1.03. The molecule has 0 atom stereocenters. The molecule has 0 bridgehead atoms. The number of furan rings is 1. The van der Waals surface area contributed by atoms with E-state index in [2.05, 4.69) is 15.5 Å². The van der Waals surface area contributed by atoms with Crippen molar-refractivity contribution in [3.8, 4) is 11.3 Å². The average Bonchev–Trinajstić information content (AvgIpc) is 3.11. The summed E-state index contributed by atoms with van der Waals surface area (Å²) in [6.45, 7) is 0. The monoisotopic (exact) mass is 353 g/mol. The van der Waals surface area contributed by atoms with Crippen molar-refractivity contribution in [2.75, 3.05) is 5.43 Å². The van der Waals surface area contributed by atoms with Gasteiger partial charge in [-0.1, -0.05) is 12.1 Å². The van der Waals surface area contributed by atoms with Gasteiger partial charge in [-0.05, 0) is 24.3 Å². The van der Waals surface area contributed by atoms with Crippen LogP contribution in [0.15, 0.2) is 64.2 Å². The maximum absolute atomic E-state index is 11.1. The minimum absolute atomic E-state index is 0.0569. The lowest BCUT2D eigenvalue weighted by molar-refractivity contribution is -0.385. The van der Waals surface area contributed by atoms with E-state index in [0.29, 0.717) is 22.9 Å². The summed E-state index contributed by atoms with van der Waals surface area (Å²) in [7, 11) is 0. The number of benzene rings is 1. The van der Waals surface area contributed by atoms with Gasteiger partial charge in [0.25, 0.3) is 11.4 Å². The zero-order chi connectivity index (χ0) is 18.5. The van der Waals surface area contributed by atoms with Gasteiger partial charge in [-0.3, -0.25) is 25.7 Å². The molecular weight excluding hydrogens is 342 g/mol. The molecule has 1 N–H and O–H groups in total. The predicted octanol–water partition coefficient (Wildman–Crippen LogP) is 3.60. The normalized spacial score (nSPS) is 10.8. The van der Waals surface area contributed by atoms with Crippen LogP contribution in [0.3, 0.4) is 0 Å². The number of rotatable bonds is 6. The third-order valence-electron chi connectivity index (χ3n) is 3.32. The molecule has 0 spiro atoms. The predicted molar refractivity (Wildman–Crippen MR) is 92.9 cm³/mol. The summed E-state index contributed by atoms with van der Waals surface area (Å²) in [4.78, 5) is 24.4. The Hall–Kier alpha value is -4.08. The van der Waals surface area contributed by atoms with Gasteiger partial charge in [0.05, 0.1) is 21.6 Å². The molecule has 10 heteroatoms. The molecule has 0 radical (unpaired) electrons. The van der Waals surface area contributed by atoms with Gasteiger partial charge >= 0.3 is 0 Å². The van der Waals surface area contributed by atoms with Crippen molar-refractivity contribution in [3.05, 3.63) is 80.7 Å². The van der Waals surface area contributed by atoms with Crippen LogP contribution in [0.2, 0.25) is 0 Å². The van der Waals surface area contributed by atoms with Crippen molar-refractivity contribution in [2.24, 2.45) is 5.10 Å². The van der Waals surface area contributed by atoms with E-state index in [1.54, 1.807) is 30.3 Å². The number of pyridine rings is 1. The van der Waals surface area contributed by atoms with Crippen molar-refractivity contribution >= 4 is 23.4 Å². The van der Waals surface area contributed by atoms with Gasteiger partial charge in [-0.2, -0.15) is 5.10 Å². The average molecular weight is 353 g/mol. The molecule has 2 heterocycles. The standard InChI is InChI=1S/C16H11N5O5/c22-20(23)11-5-8-16(17-9-11)19-18-10-12-6-7-15(26-12)13-3-1-2-4-14(13)21(24)25/h1-10H,(H,17,19)/b18-10-. The van der Waals surface area contributed by atoms with Gasteiger partial charge in [0.2, 0.25) is 0 Å². The first kappa shape index (κ1) is 16.8. The van der Waals surface area contributed by atoms with E-state index in [9.17, 15) is 20.2 Å². The Morgan fingerprint density at radius 2 is 1.85 bits per heavy atom. The number of hydrogen-bond acceptors (Lipinski definition) is 8. The fraction of sp³-hybridized carbons (Fsp3) is 0. The van der Waals surface area contributed by atoms with Crippen molar-refractivity contribution in [1.82, 2.24) is 4.98 Å². The lowest BCUT2D eigenvalue weighted by atomic mass is 10.1. The highest BCUT2D eigenvalue weighted by molar-refractivity contribution is 5.79. The first-order valence-electron chi connectivity index (χ1n) is 7.28. The van der Waals surface area contributed by atoms with Gasteiger partial charge in [-0.25, -0.2) is 4.98 Å². The molecule has 3 rings (SSSR count). The van der Waals surface area contributed by atoms with Gasteiger partial charge in [0, 0.05) is 12.1 Å². The molecule has 0 saturated carbocycles. The number of nitro groups is 2. The molecule has 0 aliphatic carbocycles. The highest BCUT2D eigenvalue weighted by atomic mass is 16.6. The maximum Gasteiger partial charge on any atom is 0.287 e. The molecule has 0 aliphatic heterocycles. The van der Waals surface area contributed by atoms with E-state index in [0.717, 1.165) is 6.20 Å². The van der Waals surface area contributed by atoms with Crippen LogP contribution in [0.5, 0.6) is 0 Å². The number of para-hydroxylation sites is 1. The summed E-state index contributed by atoms with van der Waals surface area (Å²) in [5.41, 5.74) is 2.79. The van der Waals surface area contributed by atoms with E-state index in [4.69, 9.17) is 4.42 Å². The summed E-state index contributed by atoms with van der Waals surface area (Å²) in [5, 5.41) is 25.5. The number of nitrogens with zero attached hydrogens (tertiary/aromatic N) is 4. The minimum atomic E-state index is -0.548. The molecule has 26 heavy (non-hydrogen) atoms. The van der Waals surface area contributed by atoms with E-state index in [-0.39, 0.29) is 11.4 Å². The molecule has 0 aliphatic rings. The summed E-state index contributed by atoms with van der Waals surface area (Å²) in [6.07, 6.45) is 2.47.